The molecule has 1 amide bonds. The number of rotatable bonds is 7. The van der Waals surface area contributed by atoms with Crippen LogP contribution in [0.4, 0.5) is 18.0 Å². The Balaban J connectivity index is 1.71. The molecule has 6 nitrogen and oxygen atoms in total. The molecule has 1 aromatic rings. The van der Waals surface area contributed by atoms with Crippen molar-refractivity contribution in [2.24, 2.45) is 0 Å². The van der Waals surface area contributed by atoms with Gasteiger partial charge in [0.15, 0.2) is 0 Å². The summed E-state index contributed by atoms with van der Waals surface area (Å²) in [6.45, 7) is 3.32. The Kier molecular flexibility index (Phi) is 7.26. The number of benzene rings is 1. The number of alkyl halides is 3. The topological polar surface area (TPSA) is 59.1 Å². The van der Waals surface area contributed by atoms with Gasteiger partial charge in [-0.05, 0) is 30.7 Å². The summed E-state index contributed by atoms with van der Waals surface area (Å²) >= 11 is 0. The second kappa shape index (κ2) is 9.42. The molecule has 0 saturated carbocycles. The maximum Gasteiger partial charge on any atom is 0.573 e. The van der Waals surface area contributed by atoms with Gasteiger partial charge in [0.2, 0.25) is 0 Å². The molecule has 0 radical (unpaired) electrons. The highest BCUT2D eigenvalue weighted by molar-refractivity contribution is 5.67. The van der Waals surface area contributed by atoms with Gasteiger partial charge in [-0.1, -0.05) is 12.1 Å². The standard InChI is InChI=1S/C17H21F3N2O4/c18-17(19,20)26-15-5-3-14(4-6-15)13-25-16(24)22-10-8-21(9-11-22)7-1-2-12-23/h3-6,12H,1-2,7-11,13H2. The molecule has 1 aliphatic rings. The summed E-state index contributed by atoms with van der Waals surface area (Å²) in [6, 6.07) is 5.18. The van der Waals surface area contributed by atoms with Crippen molar-refractivity contribution >= 4 is 12.4 Å². The number of piperazine rings is 1. The Labute approximate surface area is 149 Å². The van der Waals surface area contributed by atoms with E-state index in [-0.39, 0.29) is 12.4 Å². The van der Waals surface area contributed by atoms with Crippen molar-refractivity contribution in [2.75, 3.05) is 32.7 Å². The van der Waals surface area contributed by atoms with Crippen molar-refractivity contribution in [2.45, 2.75) is 25.8 Å². The molecule has 1 heterocycles. The van der Waals surface area contributed by atoms with Crippen LogP contribution in [0.15, 0.2) is 24.3 Å². The number of carbonyl (C=O) groups excluding carboxylic acids is 2. The van der Waals surface area contributed by atoms with Gasteiger partial charge in [-0.25, -0.2) is 4.79 Å². The maximum atomic E-state index is 12.1. The Morgan fingerprint density at radius 3 is 2.35 bits per heavy atom. The monoisotopic (exact) mass is 374 g/mol. The zero-order valence-corrected chi connectivity index (χ0v) is 14.2. The van der Waals surface area contributed by atoms with Crippen LogP contribution in [0.5, 0.6) is 5.75 Å². The highest BCUT2D eigenvalue weighted by atomic mass is 19.4. The smallest absolute Gasteiger partial charge is 0.445 e. The number of hydrogen-bond donors (Lipinski definition) is 0. The zero-order valence-electron chi connectivity index (χ0n) is 14.2. The van der Waals surface area contributed by atoms with Crippen molar-refractivity contribution < 1.29 is 32.2 Å². The fourth-order valence-corrected chi connectivity index (χ4v) is 2.58. The molecule has 0 aromatic heterocycles. The van der Waals surface area contributed by atoms with Gasteiger partial charge in [0.25, 0.3) is 0 Å². The molecule has 9 heteroatoms. The average Bonchev–Trinajstić information content (AvgIpc) is 2.60. The van der Waals surface area contributed by atoms with Crippen LogP contribution in [-0.4, -0.2) is 61.3 Å². The lowest BCUT2D eigenvalue weighted by atomic mass is 10.2. The summed E-state index contributed by atoms with van der Waals surface area (Å²) in [5.74, 6) is -0.321. The zero-order chi connectivity index (χ0) is 19.0. The van der Waals surface area contributed by atoms with Gasteiger partial charge in [0, 0.05) is 32.6 Å². The highest BCUT2D eigenvalue weighted by Gasteiger charge is 2.31. The Bertz CT molecular complexity index is 585. The summed E-state index contributed by atoms with van der Waals surface area (Å²) in [7, 11) is 0. The lowest BCUT2D eigenvalue weighted by Crippen LogP contribution is -2.48. The van der Waals surface area contributed by atoms with Crippen molar-refractivity contribution in [3.8, 4) is 5.75 Å². The molecule has 0 unspecified atom stereocenters. The third-order valence-corrected chi connectivity index (χ3v) is 3.95. The van der Waals surface area contributed by atoms with E-state index < -0.39 is 12.5 Å². The third kappa shape index (κ3) is 6.91. The van der Waals surface area contributed by atoms with Crippen molar-refractivity contribution in [3.05, 3.63) is 29.8 Å². The summed E-state index contributed by atoms with van der Waals surface area (Å²) < 4.78 is 45.3. The van der Waals surface area contributed by atoms with Gasteiger partial charge >= 0.3 is 12.5 Å². The number of hydrogen-bond acceptors (Lipinski definition) is 5. The van der Waals surface area contributed by atoms with E-state index in [4.69, 9.17) is 4.74 Å². The van der Waals surface area contributed by atoms with E-state index in [0.717, 1.165) is 32.3 Å². The van der Waals surface area contributed by atoms with Crippen LogP contribution in [-0.2, 0) is 16.1 Å². The van der Waals surface area contributed by atoms with E-state index in [2.05, 4.69) is 9.64 Å². The van der Waals surface area contributed by atoms with E-state index in [9.17, 15) is 22.8 Å². The number of amides is 1. The number of nitrogens with zero attached hydrogens (tertiary/aromatic N) is 2. The van der Waals surface area contributed by atoms with Crippen LogP contribution < -0.4 is 4.74 Å². The van der Waals surface area contributed by atoms with Gasteiger partial charge in [0.05, 0.1) is 0 Å². The largest absolute Gasteiger partial charge is 0.573 e. The van der Waals surface area contributed by atoms with E-state index in [1.54, 1.807) is 4.90 Å². The summed E-state index contributed by atoms with van der Waals surface area (Å²) in [5, 5.41) is 0. The van der Waals surface area contributed by atoms with Gasteiger partial charge in [-0.15, -0.1) is 13.2 Å². The molecule has 0 aliphatic carbocycles. The minimum Gasteiger partial charge on any atom is -0.445 e. The number of ether oxygens (including phenoxy) is 2. The molecule has 144 valence electrons. The molecule has 26 heavy (non-hydrogen) atoms. The first-order valence-corrected chi connectivity index (χ1v) is 8.30. The second-order valence-corrected chi connectivity index (χ2v) is 5.88. The number of aldehydes is 1. The van der Waals surface area contributed by atoms with E-state index in [1.165, 1.54) is 24.3 Å². The molecule has 0 atom stereocenters. The third-order valence-electron chi connectivity index (χ3n) is 3.95. The van der Waals surface area contributed by atoms with Crippen LogP contribution in [0, 0.1) is 0 Å². The molecule has 0 bridgehead atoms. The SMILES string of the molecule is O=CCCCN1CCN(C(=O)OCc2ccc(OC(F)(F)F)cc2)CC1. The molecule has 1 saturated heterocycles. The maximum absolute atomic E-state index is 12.1. The first kappa shape index (κ1) is 20.0. The molecule has 0 spiro atoms. The van der Waals surface area contributed by atoms with Gasteiger partial charge in [0.1, 0.15) is 18.6 Å². The van der Waals surface area contributed by atoms with Crippen LogP contribution in [0.1, 0.15) is 18.4 Å². The molecule has 1 aliphatic heterocycles. The van der Waals surface area contributed by atoms with E-state index in [0.29, 0.717) is 25.1 Å². The van der Waals surface area contributed by atoms with Crippen LogP contribution in [0.25, 0.3) is 0 Å². The van der Waals surface area contributed by atoms with Crippen LogP contribution in [0.2, 0.25) is 0 Å². The molecular formula is C17H21F3N2O4. The first-order valence-electron chi connectivity index (χ1n) is 8.30. The number of halogens is 3. The normalized spacial score (nSPS) is 15.6. The fraction of sp³-hybridized carbons (Fsp3) is 0.529. The van der Waals surface area contributed by atoms with Crippen LogP contribution >= 0.6 is 0 Å². The molecule has 1 fully saturated rings. The summed E-state index contributed by atoms with van der Waals surface area (Å²) in [6.07, 6.45) is -2.94. The van der Waals surface area contributed by atoms with Crippen LogP contribution in [0.3, 0.4) is 0 Å². The lowest BCUT2D eigenvalue weighted by Gasteiger charge is -2.33. The Morgan fingerprint density at radius 1 is 1.12 bits per heavy atom. The molecule has 2 rings (SSSR count). The minimum atomic E-state index is -4.73. The van der Waals surface area contributed by atoms with E-state index >= 15 is 0 Å². The number of unbranched alkanes of at least 4 members (excludes halogenated alkanes) is 1. The molecular weight excluding hydrogens is 353 g/mol. The van der Waals surface area contributed by atoms with Crippen molar-refractivity contribution in [1.29, 1.82) is 0 Å². The van der Waals surface area contributed by atoms with Gasteiger partial charge < -0.3 is 19.2 Å². The van der Waals surface area contributed by atoms with E-state index in [1.807, 2.05) is 0 Å². The van der Waals surface area contributed by atoms with Crippen molar-refractivity contribution in [1.82, 2.24) is 9.80 Å². The highest BCUT2D eigenvalue weighted by Crippen LogP contribution is 2.23. The Hall–Kier alpha value is -2.29. The minimum absolute atomic E-state index is 0.0231. The molecule has 0 N–H and O–H groups in total. The van der Waals surface area contributed by atoms with Gasteiger partial charge in [-0.3, -0.25) is 4.90 Å². The first-order chi connectivity index (χ1) is 12.4. The lowest BCUT2D eigenvalue weighted by molar-refractivity contribution is -0.274. The quantitative estimate of drug-likeness (QED) is 0.543. The fourth-order valence-electron chi connectivity index (χ4n) is 2.58. The second-order valence-electron chi connectivity index (χ2n) is 5.88. The molecule has 1 aromatic carbocycles. The predicted molar refractivity (Wildman–Crippen MR) is 86.6 cm³/mol. The predicted octanol–water partition coefficient (Wildman–Crippen LogP) is 2.82. The summed E-state index contributed by atoms with van der Waals surface area (Å²) in [4.78, 5) is 26.2. The van der Waals surface area contributed by atoms with Gasteiger partial charge in [-0.2, -0.15) is 0 Å². The average molecular weight is 374 g/mol. The number of carbonyl (C=O) groups is 2. The van der Waals surface area contributed by atoms with Crippen molar-refractivity contribution in [3.63, 3.8) is 0 Å². The summed E-state index contributed by atoms with van der Waals surface area (Å²) in [5.41, 5.74) is 0.570. The Morgan fingerprint density at radius 2 is 1.77 bits per heavy atom.